The van der Waals surface area contributed by atoms with Crippen molar-refractivity contribution in [3.8, 4) is 0 Å². The van der Waals surface area contributed by atoms with Crippen LogP contribution in [0.5, 0.6) is 0 Å². The van der Waals surface area contributed by atoms with Crippen LogP contribution in [0.4, 0.5) is 0 Å². The van der Waals surface area contributed by atoms with E-state index in [0.29, 0.717) is 5.78 Å². The van der Waals surface area contributed by atoms with Gasteiger partial charge < -0.3 is 9.69 Å². The second-order valence-electron chi connectivity index (χ2n) is 6.05. The van der Waals surface area contributed by atoms with Crippen molar-refractivity contribution >= 4 is 5.78 Å². The van der Waals surface area contributed by atoms with E-state index in [1.165, 1.54) is 58.2 Å². The normalized spacial score (nSPS) is 29.9. The molecule has 1 aliphatic heterocycles. The zero-order valence-corrected chi connectivity index (χ0v) is 11.3. The molecule has 2 aliphatic rings. The van der Waals surface area contributed by atoms with Gasteiger partial charge in [0.1, 0.15) is 5.78 Å². The Morgan fingerprint density at radius 1 is 1.12 bits per heavy atom. The average molecular weight is 237 g/mol. The summed E-state index contributed by atoms with van der Waals surface area (Å²) in [5.74, 6) is 2.37. The molecule has 2 unspecified atom stereocenters. The van der Waals surface area contributed by atoms with Crippen LogP contribution in [0, 0.1) is 11.8 Å². The zero-order valence-electron chi connectivity index (χ0n) is 11.3. The molecule has 1 aliphatic carbocycles. The minimum atomic E-state index is 0.344. The van der Waals surface area contributed by atoms with E-state index in [4.69, 9.17) is 0 Å². The molecule has 1 heterocycles. The third-order valence-corrected chi connectivity index (χ3v) is 4.63. The van der Waals surface area contributed by atoms with Crippen molar-refractivity contribution in [3.63, 3.8) is 0 Å². The van der Waals surface area contributed by atoms with Crippen LogP contribution < -0.4 is 0 Å². The molecule has 17 heavy (non-hydrogen) atoms. The number of carbonyl (C=O) groups is 1. The van der Waals surface area contributed by atoms with E-state index in [1.54, 1.807) is 6.92 Å². The molecule has 2 fully saturated rings. The number of hydrogen-bond acceptors (Lipinski definition) is 2. The Morgan fingerprint density at radius 2 is 1.88 bits per heavy atom. The lowest BCUT2D eigenvalue weighted by atomic mass is 9.75. The van der Waals surface area contributed by atoms with Crippen LogP contribution in [0.15, 0.2) is 0 Å². The highest BCUT2D eigenvalue weighted by atomic mass is 16.1. The summed E-state index contributed by atoms with van der Waals surface area (Å²) in [5.41, 5.74) is 0. The topological polar surface area (TPSA) is 20.3 Å². The van der Waals surface area contributed by atoms with Gasteiger partial charge in [-0.15, -0.1) is 0 Å². The molecule has 1 saturated carbocycles. The van der Waals surface area contributed by atoms with Crippen molar-refractivity contribution in [1.82, 2.24) is 4.90 Å². The summed E-state index contributed by atoms with van der Waals surface area (Å²) in [5, 5.41) is 0. The van der Waals surface area contributed by atoms with Crippen LogP contribution in [0.3, 0.4) is 0 Å². The first-order chi connectivity index (χ1) is 8.25. The SMILES string of the molecule is CC(=O)CCCCN1CCC2CCCCC2C1. The van der Waals surface area contributed by atoms with E-state index in [0.717, 1.165) is 24.7 Å². The number of Topliss-reactive ketones (excluding diaryl/α,β-unsaturated/α-hetero) is 1. The van der Waals surface area contributed by atoms with Gasteiger partial charge in [-0.3, -0.25) is 0 Å². The number of likely N-dealkylation sites (tertiary alicyclic amines) is 1. The van der Waals surface area contributed by atoms with Gasteiger partial charge in [0.05, 0.1) is 0 Å². The van der Waals surface area contributed by atoms with Gasteiger partial charge in [-0.1, -0.05) is 19.3 Å². The summed E-state index contributed by atoms with van der Waals surface area (Å²) in [4.78, 5) is 13.5. The first-order valence-corrected chi connectivity index (χ1v) is 7.47. The van der Waals surface area contributed by atoms with Gasteiger partial charge in [-0.05, 0) is 57.5 Å². The smallest absolute Gasteiger partial charge is 0.129 e. The predicted molar refractivity (Wildman–Crippen MR) is 71.0 cm³/mol. The second-order valence-corrected chi connectivity index (χ2v) is 6.05. The molecule has 0 N–H and O–H groups in total. The fourth-order valence-electron chi connectivity index (χ4n) is 3.59. The van der Waals surface area contributed by atoms with Crippen LogP contribution in [-0.2, 0) is 4.79 Å². The molecule has 0 amide bonds. The van der Waals surface area contributed by atoms with Crippen LogP contribution in [0.1, 0.15) is 58.3 Å². The predicted octanol–water partition coefficient (Wildman–Crippen LogP) is 3.26. The molecule has 2 atom stereocenters. The lowest BCUT2D eigenvalue weighted by Crippen LogP contribution is -2.42. The average Bonchev–Trinajstić information content (AvgIpc) is 2.34. The molecule has 0 aromatic heterocycles. The van der Waals surface area contributed by atoms with E-state index in [1.807, 2.05) is 0 Å². The summed E-state index contributed by atoms with van der Waals surface area (Å²) in [6.45, 7) is 5.57. The minimum Gasteiger partial charge on any atom is -0.303 e. The van der Waals surface area contributed by atoms with Crippen LogP contribution in [0.25, 0.3) is 0 Å². The Labute approximate surface area is 106 Å². The van der Waals surface area contributed by atoms with Gasteiger partial charge in [0.2, 0.25) is 0 Å². The fourth-order valence-corrected chi connectivity index (χ4v) is 3.59. The van der Waals surface area contributed by atoms with Crippen LogP contribution in [-0.4, -0.2) is 30.3 Å². The highest BCUT2D eigenvalue weighted by Crippen LogP contribution is 2.35. The molecule has 1 saturated heterocycles. The maximum Gasteiger partial charge on any atom is 0.129 e. The molecular weight excluding hydrogens is 210 g/mol. The Hall–Kier alpha value is -0.370. The first kappa shape index (κ1) is 13.1. The van der Waals surface area contributed by atoms with Crippen molar-refractivity contribution in [3.05, 3.63) is 0 Å². The lowest BCUT2D eigenvalue weighted by molar-refractivity contribution is -0.117. The Morgan fingerprint density at radius 3 is 2.65 bits per heavy atom. The molecule has 98 valence electrons. The summed E-state index contributed by atoms with van der Waals surface area (Å²) < 4.78 is 0. The van der Waals surface area contributed by atoms with E-state index in [2.05, 4.69) is 4.90 Å². The molecule has 2 nitrogen and oxygen atoms in total. The third-order valence-electron chi connectivity index (χ3n) is 4.63. The number of unbranched alkanes of at least 4 members (excludes halogenated alkanes) is 1. The van der Waals surface area contributed by atoms with Gasteiger partial charge in [-0.2, -0.15) is 0 Å². The van der Waals surface area contributed by atoms with Crippen molar-refractivity contribution in [2.45, 2.75) is 58.3 Å². The monoisotopic (exact) mass is 237 g/mol. The van der Waals surface area contributed by atoms with Gasteiger partial charge in [-0.25, -0.2) is 0 Å². The van der Waals surface area contributed by atoms with Crippen LogP contribution >= 0.6 is 0 Å². The fraction of sp³-hybridized carbons (Fsp3) is 0.933. The Kier molecular flexibility index (Phi) is 5.02. The first-order valence-electron chi connectivity index (χ1n) is 7.47. The number of piperidine rings is 1. The Bertz CT molecular complexity index is 251. The lowest BCUT2D eigenvalue weighted by Gasteiger charge is -2.41. The highest BCUT2D eigenvalue weighted by molar-refractivity contribution is 5.75. The number of hydrogen-bond donors (Lipinski definition) is 0. The highest BCUT2D eigenvalue weighted by Gasteiger charge is 2.30. The van der Waals surface area contributed by atoms with Crippen molar-refractivity contribution in [1.29, 1.82) is 0 Å². The maximum absolute atomic E-state index is 10.9. The number of nitrogens with zero attached hydrogens (tertiary/aromatic N) is 1. The molecule has 0 aromatic carbocycles. The van der Waals surface area contributed by atoms with Crippen molar-refractivity contribution in [2.75, 3.05) is 19.6 Å². The van der Waals surface area contributed by atoms with Gasteiger partial charge in [0.25, 0.3) is 0 Å². The summed E-state index contributed by atoms with van der Waals surface area (Å²) >= 11 is 0. The molecule has 0 spiro atoms. The molecule has 2 heteroatoms. The molecule has 2 rings (SSSR count). The standard InChI is InChI=1S/C15H27NO/c1-13(17)6-4-5-10-16-11-9-14-7-2-3-8-15(14)12-16/h14-15H,2-12H2,1H3. The van der Waals surface area contributed by atoms with E-state index in [-0.39, 0.29) is 0 Å². The number of carbonyl (C=O) groups excluding carboxylic acids is 1. The van der Waals surface area contributed by atoms with Crippen molar-refractivity contribution < 1.29 is 4.79 Å². The zero-order chi connectivity index (χ0) is 12.1. The largest absolute Gasteiger partial charge is 0.303 e. The number of fused-ring (bicyclic) bond motifs is 1. The molecule has 0 radical (unpaired) electrons. The van der Waals surface area contributed by atoms with Gasteiger partial charge in [0.15, 0.2) is 0 Å². The van der Waals surface area contributed by atoms with E-state index in [9.17, 15) is 4.79 Å². The number of rotatable bonds is 5. The van der Waals surface area contributed by atoms with Gasteiger partial charge >= 0.3 is 0 Å². The quantitative estimate of drug-likeness (QED) is 0.684. The second kappa shape index (κ2) is 6.53. The van der Waals surface area contributed by atoms with E-state index < -0.39 is 0 Å². The molecule has 0 bridgehead atoms. The van der Waals surface area contributed by atoms with E-state index >= 15 is 0 Å². The van der Waals surface area contributed by atoms with Gasteiger partial charge in [0, 0.05) is 13.0 Å². The molecular formula is C15H27NO. The van der Waals surface area contributed by atoms with Crippen molar-refractivity contribution in [2.24, 2.45) is 11.8 Å². The minimum absolute atomic E-state index is 0.344. The molecule has 0 aromatic rings. The number of ketones is 1. The third kappa shape index (κ3) is 4.09. The maximum atomic E-state index is 10.9. The van der Waals surface area contributed by atoms with Crippen LogP contribution in [0.2, 0.25) is 0 Å². The Balaban J connectivity index is 1.64. The summed E-state index contributed by atoms with van der Waals surface area (Å²) in [7, 11) is 0. The summed E-state index contributed by atoms with van der Waals surface area (Å²) in [6, 6.07) is 0. The summed E-state index contributed by atoms with van der Waals surface area (Å²) in [6.07, 6.45) is 10.4.